The van der Waals surface area contributed by atoms with Gasteiger partial charge in [-0.25, -0.2) is 18.6 Å². The quantitative estimate of drug-likeness (QED) is 0.543. The molecule has 0 aliphatic heterocycles. The van der Waals surface area contributed by atoms with E-state index in [1.54, 1.807) is 5.38 Å². The molecule has 0 radical (unpaired) electrons. The number of halogens is 5. The summed E-state index contributed by atoms with van der Waals surface area (Å²) in [6, 6.07) is 7.18. The lowest BCUT2D eigenvalue weighted by atomic mass is 10.2. The summed E-state index contributed by atoms with van der Waals surface area (Å²) in [5, 5.41) is 6.59. The van der Waals surface area contributed by atoms with E-state index in [4.69, 9.17) is 0 Å². The van der Waals surface area contributed by atoms with Crippen molar-refractivity contribution in [2.45, 2.75) is 6.36 Å². The van der Waals surface area contributed by atoms with Crippen molar-refractivity contribution < 1.29 is 31.5 Å². The minimum absolute atomic E-state index is 0.189. The van der Waals surface area contributed by atoms with Crippen molar-refractivity contribution in [1.29, 1.82) is 0 Å². The Balaban J connectivity index is 1.61. The first kappa shape index (κ1) is 19.5. The Morgan fingerprint density at radius 3 is 2.36 bits per heavy atom. The molecule has 5 nitrogen and oxygen atoms in total. The fourth-order valence-electron chi connectivity index (χ4n) is 2.12. The number of alkyl halides is 3. The lowest BCUT2D eigenvalue weighted by Gasteiger charge is -2.10. The molecule has 0 fully saturated rings. The molecule has 3 rings (SSSR count). The van der Waals surface area contributed by atoms with Crippen molar-refractivity contribution in [3.05, 3.63) is 59.5 Å². The van der Waals surface area contributed by atoms with Crippen LogP contribution in [0.2, 0.25) is 0 Å². The highest BCUT2D eigenvalue weighted by Gasteiger charge is 2.30. The zero-order chi connectivity index (χ0) is 20.3. The molecule has 28 heavy (non-hydrogen) atoms. The number of hydrogen-bond donors (Lipinski definition) is 2. The molecule has 2 aromatic carbocycles. The number of nitrogens with one attached hydrogen (secondary N) is 2. The van der Waals surface area contributed by atoms with E-state index in [1.807, 2.05) is 0 Å². The number of anilines is 2. The second kappa shape index (κ2) is 7.80. The molecule has 0 saturated carbocycles. The van der Waals surface area contributed by atoms with Gasteiger partial charge in [-0.05, 0) is 42.5 Å². The fraction of sp³-hybridized carbons (Fsp3) is 0.0588. The summed E-state index contributed by atoms with van der Waals surface area (Å²) < 4.78 is 66.3. The number of thiazole rings is 1. The van der Waals surface area contributed by atoms with Crippen LogP contribution < -0.4 is 15.4 Å². The number of carbonyl (C=O) groups is 1. The van der Waals surface area contributed by atoms with Crippen molar-refractivity contribution in [3.63, 3.8) is 0 Å². The van der Waals surface area contributed by atoms with Crippen LogP contribution in [-0.4, -0.2) is 17.4 Å². The van der Waals surface area contributed by atoms with Gasteiger partial charge in [-0.3, -0.25) is 5.32 Å². The SMILES string of the molecule is O=C(Nc1ccc(OC(F)(F)F)cc1)Nc1nc(-c2ccc(F)c(F)c2)cs1. The van der Waals surface area contributed by atoms with Crippen LogP contribution in [0.4, 0.5) is 37.6 Å². The molecule has 0 spiro atoms. The minimum Gasteiger partial charge on any atom is -0.406 e. The summed E-state index contributed by atoms with van der Waals surface area (Å²) in [4.78, 5) is 16.1. The predicted octanol–water partition coefficient (Wildman–Crippen LogP) is 5.63. The van der Waals surface area contributed by atoms with E-state index in [0.29, 0.717) is 11.3 Å². The molecule has 3 aromatic rings. The summed E-state index contributed by atoms with van der Waals surface area (Å²) in [7, 11) is 0. The lowest BCUT2D eigenvalue weighted by Crippen LogP contribution is -2.19. The highest BCUT2D eigenvalue weighted by Crippen LogP contribution is 2.27. The maximum absolute atomic E-state index is 13.3. The van der Waals surface area contributed by atoms with E-state index in [9.17, 15) is 26.7 Å². The number of hydrogen-bond acceptors (Lipinski definition) is 4. The molecular weight excluding hydrogens is 405 g/mol. The molecule has 11 heteroatoms. The summed E-state index contributed by atoms with van der Waals surface area (Å²) in [6.45, 7) is 0. The first-order chi connectivity index (χ1) is 13.2. The number of ether oxygens (including phenoxy) is 1. The first-order valence-electron chi connectivity index (χ1n) is 7.54. The molecule has 0 aliphatic carbocycles. The Hall–Kier alpha value is -3.21. The van der Waals surface area contributed by atoms with Crippen LogP contribution in [0, 0.1) is 11.6 Å². The fourth-order valence-corrected chi connectivity index (χ4v) is 2.83. The third-order valence-corrected chi connectivity index (χ3v) is 4.04. The molecule has 2 amide bonds. The maximum Gasteiger partial charge on any atom is 0.573 e. The van der Waals surface area contributed by atoms with Gasteiger partial charge >= 0.3 is 12.4 Å². The van der Waals surface area contributed by atoms with Gasteiger partial charge in [0.2, 0.25) is 0 Å². The van der Waals surface area contributed by atoms with E-state index >= 15 is 0 Å². The van der Waals surface area contributed by atoms with Crippen LogP contribution in [0.1, 0.15) is 0 Å². The first-order valence-corrected chi connectivity index (χ1v) is 8.42. The molecule has 0 unspecified atom stereocenters. The Morgan fingerprint density at radius 2 is 1.71 bits per heavy atom. The van der Waals surface area contributed by atoms with E-state index in [1.165, 1.54) is 18.2 Å². The standard InChI is InChI=1S/C17H10F5N3O2S/c18-12-6-1-9(7-13(12)19)14-8-28-16(24-14)25-15(26)23-10-2-4-11(5-3-10)27-17(20,21)22/h1-8H,(H2,23,24,25,26). The number of urea groups is 1. The molecule has 0 aliphatic rings. The van der Waals surface area contributed by atoms with Crippen LogP contribution in [0.3, 0.4) is 0 Å². The van der Waals surface area contributed by atoms with E-state index in [0.717, 1.165) is 35.6 Å². The van der Waals surface area contributed by atoms with E-state index in [-0.39, 0.29) is 10.8 Å². The van der Waals surface area contributed by atoms with Gasteiger partial charge < -0.3 is 10.1 Å². The Kier molecular flexibility index (Phi) is 5.45. The second-order valence-corrected chi connectivity index (χ2v) is 6.18. The van der Waals surface area contributed by atoms with Gasteiger partial charge in [0.1, 0.15) is 5.75 Å². The van der Waals surface area contributed by atoms with Gasteiger partial charge in [0.25, 0.3) is 0 Å². The zero-order valence-corrected chi connectivity index (χ0v) is 14.5. The molecule has 1 heterocycles. The number of aromatic nitrogens is 1. The zero-order valence-electron chi connectivity index (χ0n) is 13.7. The average molecular weight is 415 g/mol. The van der Waals surface area contributed by atoms with Gasteiger partial charge in [-0.15, -0.1) is 24.5 Å². The van der Waals surface area contributed by atoms with Crippen molar-refractivity contribution in [2.24, 2.45) is 0 Å². The Labute approximate surface area is 158 Å². The number of rotatable bonds is 4. The molecule has 0 atom stereocenters. The maximum atomic E-state index is 13.3. The molecular formula is C17H10F5N3O2S. The monoisotopic (exact) mass is 415 g/mol. The largest absolute Gasteiger partial charge is 0.573 e. The van der Waals surface area contributed by atoms with Crippen molar-refractivity contribution in [2.75, 3.05) is 10.6 Å². The number of nitrogens with zero attached hydrogens (tertiary/aromatic N) is 1. The van der Waals surface area contributed by atoms with Crippen LogP contribution in [-0.2, 0) is 0 Å². The molecule has 0 bridgehead atoms. The summed E-state index contributed by atoms with van der Waals surface area (Å²) in [5.74, 6) is -2.42. The van der Waals surface area contributed by atoms with Gasteiger partial charge in [0, 0.05) is 16.6 Å². The van der Waals surface area contributed by atoms with Gasteiger partial charge in [-0.2, -0.15) is 0 Å². The van der Waals surface area contributed by atoms with Crippen molar-refractivity contribution in [3.8, 4) is 17.0 Å². The highest BCUT2D eigenvalue weighted by atomic mass is 32.1. The number of carbonyl (C=O) groups excluding carboxylic acids is 1. The molecule has 2 N–H and O–H groups in total. The molecule has 0 saturated heterocycles. The topological polar surface area (TPSA) is 63.2 Å². The van der Waals surface area contributed by atoms with Crippen LogP contribution in [0.5, 0.6) is 5.75 Å². The van der Waals surface area contributed by atoms with Gasteiger partial charge in [0.15, 0.2) is 16.8 Å². The third-order valence-electron chi connectivity index (χ3n) is 3.29. The van der Waals surface area contributed by atoms with E-state index in [2.05, 4.69) is 20.4 Å². The third kappa shape index (κ3) is 5.16. The second-order valence-electron chi connectivity index (χ2n) is 5.32. The Bertz CT molecular complexity index is 989. The Morgan fingerprint density at radius 1 is 1.00 bits per heavy atom. The van der Waals surface area contributed by atoms with Gasteiger partial charge in [0.05, 0.1) is 5.69 Å². The average Bonchev–Trinajstić information content (AvgIpc) is 3.06. The number of benzene rings is 2. The smallest absolute Gasteiger partial charge is 0.406 e. The van der Waals surface area contributed by atoms with Crippen LogP contribution in [0.25, 0.3) is 11.3 Å². The summed E-state index contributed by atoms with van der Waals surface area (Å²) in [5.41, 5.74) is 0.904. The van der Waals surface area contributed by atoms with Gasteiger partial charge in [-0.1, -0.05) is 0 Å². The van der Waals surface area contributed by atoms with E-state index < -0.39 is 29.8 Å². The summed E-state index contributed by atoms with van der Waals surface area (Å²) in [6.07, 6.45) is -4.80. The highest BCUT2D eigenvalue weighted by molar-refractivity contribution is 7.14. The normalized spacial score (nSPS) is 11.2. The molecule has 1 aromatic heterocycles. The molecule has 146 valence electrons. The van der Waals surface area contributed by atoms with Crippen molar-refractivity contribution in [1.82, 2.24) is 4.98 Å². The lowest BCUT2D eigenvalue weighted by molar-refractivity contribution is -0.274. The van der Waals surface area contributed by atoms with Crippen LogP contribution in [0.15, 0.2) is 47.8 Å². The number of amides is 2. The van der Waals surface area contributed by atoms with Crippen molar-refractivity contribution >= 4 is 28.2 Å². The summed E-state index contributed by atoms with van der Waals surface area (Å²) >= 11 is 1.06. The minimum atomic E-state index is -4.80. The van der Waals surface area contributed by atoms with Crippen LogP contribution >= 0.6 is 11.3 Å². The predicted molar refractivity (Wildman–Crippen MR) is 93.2 cm³/mol.